The van der Waals surface area contributed by atoms with E-state index in [1.165, 1.54) is 30.4 Å². The van der Waals surface area contributed by atoms with Gasteiger partial charge in [0.05, 0.1) is 19.8 Å². The highest BCUT2D eigenvalue weighted by Gasteiger charge is 2.24. The third-order valence-corrected chi connectivity index (χ3v) is 4.89. The topological polar surface area (TPSA) is 27.7 Å². The molecule has 1 heterocycles. The SMILES string of the molecule is CCc1ccc(C2CCC(COc3ccc(OC)c(F)c3F)OC2)cc1. The average molecular weight is 362 g/mol. The summed E-state index contributed by atoms with van der Waals surface area (Å²) < 4.78 is 43.7. The molecule has 1 aliphatic heterocycles. The van der Waals surface area contributed by atoms with Crippen LogP contribution in [0.2, 0.25) is 0 Å². The Morgan fingerprint density at radius 1 is 1.00 bits per heavy atom. The van der Waals surface area contributed by atoms with Crippen LogP contribution in [0.15, 0.2) is 36.4 Å². The van der Waals surface area contributed by atoms with Crippen LogP contribution >= 0.6 is 0 Å². The fraction of sp³-hybridized carbons (Fsp3) is 0.429. The molecule has 140 valence electrons. The number of halogens is 2. The molecular weight excluding hydrogens is 338 g/mol. The van der Waals surface area contributed by atoms with Gasteiger partial charge in [0.25, 0.3) is 0 Å². The van der Waals surface area contributed by atoms with Crippen LogP contribution < -0.4 is 9.47 Å². The number of hydrogen-bond acceptors (Lipinski definition) is 3. The lowest BCUT2D eigenvalue weighted by atomic mass is 9.91. The van der Waals surface area contributed by atoms with Gasteiger partial charge >= 0.3 is 0 Å². The summed E-state index contributed by atoms with van der Waals surface area (Å²) in [5.41, 5.74) is 2.61. The van der Waals surface area contributed by atoms with E-state index in [-0.39, 0.29) is 24.2 Å². The maximum atomic E-state index is 13.9. The van der Waals surface area contributed by atoms with Crippen LogP contribution in [-0.2, 0) is 11.2 Å². The van der Waals surface area contributed by atoms with Crippen LogP contribution in [-0.4, -0.2) is 26.4 Å². The first-order chi connectivity index (χ1) is 12.6. The van der Waals surface area contributed by atoms with Gasteiger partial charge in [0.2, 0.25) is 11.6 Å². The van der Waals surface area contributed by atoms with Crippen molar-refractivity contribution < 1.29 is 23.0 Å². The second-order valence-electron chi connectivity index (χ2n) is 6.53. The summed E-state index contributed by atoms with van der Waals surface area (Å²) in [5, 5.41) is 0. The van der Waals surface area contributed by atoms with E-state index in [1.54, 1.807) is 0 Å². The first-order valence-corrected chi connectivity index (χ1v) is 8.97. The molecule has 0 bridgehead atoms. The number of benzene rings is 2. The molecule has 3 nitrogen and oxygen atoms in total. The second kappa shape index (κ2) is 8.49. The van der Waals surface area contributed by atoms with Gasteiger partial charge in [-0.3, -0.25) is 0 Å². The molecular formula is C21H24F2O3. The van der Waals surface area contributed by atoms with Crippen molar-refractivity contribution in [2.45, 2.75) is 38.2 Å². The van der Waals surface area contributed by atoms with Crippen LogP contribution in [0, 0.1) is 11.6 Å². The van der Waals surface area contributed by atoms with Gasteiger partial charge in [-0.1, -0.05) is 31.2 Å². The Morgan fingerprint density at radius 2 is 1.69 bits per heavy atom. The molecule has 2 aromatic carbocycles. The maximum Gasteiger partial charge on any atom is 0.204 e. The number of hydrogen-bond donors (Lipinski definition) is 0. The molecule has 1 saturated heterocycles. The van der Waals surface area contributed by atoms with Gasteiger partial charge in [-0.2, -0.15) is 8.78 Å². The lowest BCUT2D eigenvalue weighted by Crippen LogP contribution is -2.29. The molecule has 0 aliphatic carbocycles. The summed E-state index contributed by atoms with van der Waals surface area (Å²) in [6.07, 6.45) is 2.72. The quantitative estimate of drug-likeness (QED) is 0.733. The molecule has 0 N–H and O–H groups in total. The molecule has 2 aromatic rings. The van der Waals surface area contributed by atoms with Crippen molar-refractivity contribution >= 4 is 0 Å². The Labute approximate surface area is 152 Å². The molecule has 3 rings (SSSR count). The minimum atomic E-state index is -1.04. The van der Waals surface area contributed by atoms with E-state index in [4.69, 9.17) is 14.2 Å². The van der Waals surface area contributed by atoms with Crippen molar-refractivity contribution in [1.82, 2.24) is 0 Å². The van der Waals surface area contributed by atoms with Crippen LogP contribution in [0.25, 0.3) is 0 Å². The van der Waals surface area contributed by atoms with Gasteiger partial charge in [-0.15, -0.1) is 0 Å². The first kappa shape index (κ1) is 18.6. The van der Waals surface area contributed by atoms with Crippen molar-refractivity contribution in [3.8, 4) is 11.5 Å². The Kier molecular flexibility index (Phi) is 6.09. The fourth-order valence-electron chi connectivity index (χ4n) is 3.19. The van der Waals surface area contributed by atoms with Gasteiger partial charge in [0, 0.05) is 5.92 Å². The molecule has 2 unspecified atom stereocenters. The lowest BCUT2D eigenvalue weighted by molar-refractivity contribution is -0.0219. The highest BCUT2D eigenvalue weighted by molar-refractivity contribution is 5.35. The van der Waals surface area contributed by atoms with Gasteiger partial charge in [-0.05, 0) is 42.5 Å². The highest BCUT2D eigenvalue weighted by Crippen LogP contribution is 2.30. The maximum absolute atomic E-state index is 13.9. The highest BCUT2D eigenvalue weighted by atomic mass is 19.2. The third kappa shape index (κ3) is 4.15. The molecule has 0 aromatic heterocycles. The van der Waals surface area contributed by atoms with Crippen molar-refractivity contribution in [2.24, 2.45) is 0 Å². The summed E-state index contributed by atoms with van der Waals surface area (Å²) >= 11 is 0. The zero-order valence-electron chi connectivity index (χ0n) is 15.1. The van der Waals surface area contributed by atoms with E-state index in [1.807, 2.05) is 0 Å². The summed E-state index contributed by atoms with van der Waals surface area (Å²) in [6.45, 7) is 2.95. The molecule has 26 heavy (non-hydrogen) atoms. The van der Waals surface area contributed by atoms with Crippen LogP contribution in [0.5, 0.6) is 11.5 Å². The van der Waals surface area contributed by atoms with Crippen molar-refractivity contribution in [2.75, 3.05) is 20.3 Å². The predicted molar refractivity (Wildman–Crippen MR) is 95.9 cm³/mol. The normalized spacial score (nSPS) is 20.0. The van der Waals surface area contributed by atoms with Crippen molar-refractivity contribution in [3.63, 3.8) is 0 Å². The monoisotopic (exact) mass is 362 g/mol. The van der Waals surface area contributed by atoms with Crippen molar-refractivity contribution in [3.05, 3.63) is 59.2 Å². The van der Waals surface area contributed by atoms with Crippen LogP contribution in [0.4, 0.5) is 8.78 Å². The molecule has 0 radical (unpaired) electrons. The summed E-state index contributed by atoms with van der Waals surface area (Å²) in [6, 6.07) is 11.4. The summed E-state index contributed by atoms with van der Waals surface area (Å²) in [4.78, 5) is 0. The standard InChI is InChI=1S/C21H24F2O3/c1-3-14-4-6-15(7-5-14)16-8-9-17(25-12-16)13-26-19-11-10-18(24-2)20(22)21(19)23/h4-7,10-11,16-17H,3,8-9,12-13H2,1-2H3. The summed E-state index contributed by atoms with van der Waals surface area (Å²) in [7, 11) is 1.29. The van der Waals surface area contributed by atoms with Crippen LogP contribution in [0.3, 0.4) is 0 Å². The molecule has 1 aliphatic rings. The molecule has 0 spiro atoms. The minimum Gasteiger partial charge on any atom is -0.494 e. The Bertz CT molecular complexity index is 723. The van der Waals surface area contributed by atoms with Gasteiger partial charge in [0.15, 0.2) is 11.5 Å². The number of rotatable bonds is 6. The average Bonchev–Trinajstić information content (AvgIpc) is 2.70. The Balaban J connectivity index is 1.52. The minimum absolute atomic E-state index is 0.120. The molecule has 2 atom stereocenters. The van der Waals surface area contributed by atoms with E-state index < -0.39 is 11.6 Å². The largest absolute Gasteiger partial charge is 0.494 e. The second-order valence-corrected chi connectivity index (χ2v) is 6.53. The molecule has 0 amide bonds. The number of aryl methyl sites for hydroxylation is 1. The molecule has 5 heteroatoms. The zero-order valence-corrected chi connectivity index (χ0v) is 15.1. The predicted octanol–water partition coefficient (Wildman–Crippen LogP) is 4.88. The van der Waals surface area contributed by atoms with Crippen LogP contribution in [0.1, 0.15) is 36.8 Å². The Hall–Kier alpha value is -2.14. The zero-order chi connectivity index (χ0) is 18.5. The fourth-order valence-corrected chi connectivity index (χ4v) is 3.19. The van der Waals surface area contributed by atoms with E-state index in [0.717, 1.165) is 19.3 Å². The van der Waals surface area contributed by atoms with E-state index in [0.29, 0.717) is 12.5 Å². The van der Waals surface area contributed by atoms with Gasteiger partial charge in [-0.25, -0.2) is 0 Å². The third-order valence-electron chi connectivity index (χ3n) is 4.89. The number of ether oxygens (including phenoxy) is 3. The van der Waals surface area contributed by atoms with E-state index in [2.05, 4.69) is 31.2 Å². The number of methoxy groups -OCH3 is 1. The molecule has 1 fully saturated rings. The first-order valence-electron chi connectivity index (χ1n) is 8.97. The van der Waals surface area contributed by atoms with E-state index in [9.17, 15) is 8.78 Å². The van der Waals surface area contributed by atoms with Gasteiger partial charge < -0.3 is 14.2 Å². The summed E-state index contributed by atoms with van der Waals surface area (Å²) in [5.74, 6) is -1.96. The molecule has 0 saturated carbocycles. The van der Waals surface area contributed by atoms with E-state index >= 15 is 0 Å². The van der Waals surface area contributed by atoms with Gasteiger partial charge in [0.1, 0.15) is 6.61 Å². The Morgan fingerprint density at radius 3 is 2.31 bits per heavy atom. The van der Waals surface area contributed by atoms with Crippen molar-refractivity contribution in [1.29, 1.82) is 0 Å². The lowest BCUT2D eigenvalue weighted by Gasteiger charge is -2.29. The smallest absolute Gasteiger partial charge is 0.204 e.